The molecule has 0 unspecified atom stereocenters. The SMILES string of the molecule is Cc1cccc(NS(=O)(=O)CS(C)(=O)=O)c1C(=O)O. The minimum absolute atomic E-state index is 0.156. The van der Waals surface area contributed by atoms with Crippen molar-refractivity contribution in [1.82, 2.24) is 0 Å². The molecule has 0 saturated heterocycles. The van der Waals surface area contributed by atoms with E-state index in [0.29, 0.717) is 5.56 Å². The predicted octanol–water partition coefficient (Wildman–Crippen LogP) is 0.437. The first kappa shape index (κ1) is 15.4. The van der Waals surface area contributed by atoms with Crippen LogP contribution < -0.4 is 4.72 Å². The standard InChI is InChI=1S/C10H13NO6S2/c1-7-4-3-5-8(9(7)10(12)13)11-19(16,17)6-18(2,14)15/h3-5,11H,6H2,1-2H3,(H,12,13). The normalized spacial score (nSPS) is 12.1. The van der Waals surface area contributed by atoms with Crippen molar-refractivity contribution < 1.29 is 26.7 Å². The Morgan fingerprint density at radius 3 is 2.32 bits per heavy atom. The average Bonchev–Trinajstić information content (AvgIpc) is 2.11. The first-order valence-electron chi connectivity index (χ1n) is 5.03. The molecule has 0 bridgehead atoms. The van der Waals surface area contributed by atoms with Gasteiger partial charge in [0.15, 0.2) is 14.9 Å². The number of hydrogen-bond acceptors (Lipinski definition) is 5. The number of nitrogens with one attached hydrogen (secondary N) is 1. The number of benzene rings is 1. The summed E-state index contributed by atoms with van der Waals surface area (Å²) in [5.74, 6) is -1.30. The van der Waals surface area contributed by atoms with Crippen LogP contribution in [-0.2, 0) is 19.9 Å². The Balaban J connectivity index is 3.21. The average molecular weight is 307 g/mol. The van der Waals surface area contributed by atoms with Gasteiger partial charge in [-0.25, -0.2) is 21.6 Å². The third-order valence-corrected chi connectivity index (χ3v) is 5.61. The molecule has 0 aliphatic heterocycles. The number of carboxylic acid groups (broad SMARTS) is 1. The zero-order valence-electron chi connectivity index (χ0n) is 10.2. The molecule has 0 saturated carbocycles. The summed E-state index contributed by atoms with van der Waals surface area (Å²) in [6.07, 6.45) is 0.778. The second-order valence-corrected chi connectivity index (χ2v) is 8.29. The lowest BCUT2D eigenvalue weighted by atomic mass is 10.1. The Bertz CT molecular complexity index is 706. The third-order valence-electron chi connectivity index (χ3n) is 2.12. The van der Waals surface area contributed by atoms with Crippen molar-refractivity contribution >= 4 is 31.5 Å². The van der Waals surface area contributed by atoms with Crippen LogP contribution in [0.15, 0.2) is 18.2 Å². The van der Waals surface area contributed by atoms with Crippen LogP contribution in [0.1, 0.15) is 15.9 Å². The number of aryl methyl sites for hydroxylation is 1. The van der Waals surface area contributed by atoms with E-state index in [1.807, 2.05) is 4.72 Å². The quantitative estimate of drug-likeness (QED) is 0.815. The molecular formula is C10H13NO6S2. The van der Waals surface area contributed by atoms with E-state index in [4.69, 9.17) is 5.11 Å². The summed E-state index contributed by atoms with van der Waals surface area (Å²) in [6, 6.07) is 4.24. The van der Waals surface area contributed by atoms with Crippen molar-refractivity contribution in [3.8, 4) is 0 Å². The molecule has 0 aliphatic rings. The first-order chi connectivity index (χ1) is 8.52. The number of carbonyl (C=O) groups is 1. The van der Waals surface area contributed by atoms with Crippen LogP contribution in [0.4, 0.5) is 5.69 Å². The zero-order valence-corrected chi connectivity index (χ0v) is 11.9. The predicted molar refractivity (Wildman–Crippen MR) is 70.4 cm³/mol. The summed E-state index contributed by atoms with van der Waals surface area (Å²) in [6.45, 7) is 1.51. The Kier molecular flexibility index (Phi) is 4.21. The van der Waals surface area contributed by atoms with Gasteiger partial charge in [-0.1, -0.05) is 12.1 Å². The molecule has 19 heavy (non-hydrogen) atoms. The van der Waals surface area contributed by atoms with Gasteiger partial charge in [-0.05, 0) is 18.6 Å². The van der Waals surface area contributed by atoms with E-state index in [1.54, 1.807) is 0 Å². The topological polar surface area (TPSA) is 118 Å². The highest BCUT2D eigenvalue weighted by molar-refractivity contribution is 8.08. The fourth-order valence-corrected chi connectivity index (χ4v) is 4.51. The number of carboxylic acids is 1. The van der Waals surface area contributed by atoms with Gasteiger partial charge in [-0.2, -0.15) is 0 Å². The van der Waals surface area contributed by atoms with Gasteiger partial charge in [0.25, 0.3) is 0 Å². The van der Waals surface area contributed by atoms with Crippen molar-refractivity contribution in [2.24, 2.45) is 0 Å². The molecule has 2 N–H and O–H groups in total. The summed E-state index contributed by atoms with van der Waals surface area (Å²) in [5.41, 5.74) is 0.00258. The molecule has 106 valence electrons. The third kappa shape index (κ3) is 4.52. The molecule has 0 aromatic heterocycles. The lowest BCUT2D eigenvalue weighted by molar-refractivity contribution is 0.0697. The van der Waals surface area contributed by atoms with Crippen LogP contribution in [0, 0.1) is 6.92 Å². The molecule has 0 fully saturated rings. The molecule has 0 radical (unpaired) electrons. The molecule has 1 aromatic rings. The van der Waals surface area contributed by atoms with Gasteiger partial charge < -0.3 is 5.11 Å². The minimum Gasteiger partial charge on any atom is -0.478 e. The molecule has 0 amide bonds. The van der Waals surface area contributed by atoms with E-state index in [1.165, 1.54) is 25.1 Å². The van der Waals surface area contributed by atoms with Crippen molar-refractivity contribution in [1.29, 1.82) is 0 Å². The molecule has 0 aliphatic carbocycles. The summed E-state index contributed by atoms with van der Waals surface area (Å²) in [7, 11) is -7.91. The molecular weight excluding hydrogens is 294 g/mol. The van der Waals surface area contributed by atoms with E-state index < -0.39 is 30.9 Å². The van der Waals surface area contributed by atoms with Crippen molar-refractivity contribution in [2.45, 2.75) is 6.92 Å². The van der Waals surface area contributed by atoms with Crippen molar-refractivity contribution in [3.63, 3.8) is 0 Å². The highest BCUT2D eigenvalue weighted by atomic mass is 32.3. The number of hydrogen-bond donors (Lipinski definition) is 2. The van der Waals surface area contributed by atoms with Gasteiger partial charge in [0.05, 0.1) is 11.3 Å². The van der Waals surface area contributed by atoms with Gasteiger partial charge in [-0.15, -0.1) is 0 Å². The second-order valence-electron chi connectivity index (χ2n) is 4.06. The van der Waals surface area contributed by atoms with Crippen molar-refractivity contribution in [2.75, 3.05) is 16.1 Å². The van der Waals surface area contributed by atoms with Crippen LogP contribution in [-0.4, -0.2) is 39.3 Å². The Hall–Kier alpha value is -1.61. The van der Waals surface area contributed by atoms with Gasteiger partial charge in [0.1, 0.15) is 0 Å². The molecule has 1 aromatic carbocycles. The molecule has 0 heterocycles. The van der Waals surface area contributed by atoms with Crippen LogP contribution in [0.3, 0.4) is 0 Å². The fraction of sp³-hybridized carbons (Fsp3) is 0.300. The van der Waals surface area contributed by atoms with E-state index >= 15 is 0 Å². The largest absolute Gasteiger partial charge is 0.478 e. The van der Waals surface area contributed by atoms with Gasteiger partial charge in [0, 0.05) is 6.26 Å². The lowest BCUT2D eigenvalue weighted by Gasteiger charge is -2.11. The number of rotatable bonds is 5. The first-order valence-corrected chi connectivity index (χ1v) is 8.74. The summed E-state index contributed by atoms with van der Waals surface area (Å²) >= 11 is 0. The number of sulfone groups is 1. The maximum absolute atomic E-state index is 11.6. The molecule has 7 nitrogen and oxygen atoms in total. The highest BCUT2D eigenvalue weighted by Gasteiger charge is 2.21. The Morgan fingerprint density at radius 2 is 1.84 bits per heavy atom. The maximum Gasteiger partial charge on any atom is 0.338 e. The number of anilines is 1. The Morgan fingerprint density at radius 1 is 1.26 bits per heavy atom. The van der Waals surface area contributed by atoms with E-state index in [9.17, 15) is 21.6 Å². The van der Waals surface area contributed by atoms with E-state index in [-0.39, 0.29) is 11.3 Å². The summed E-state index contributed by atoms with van der Waals surface area (Å²) in [4.78, 5) is 11.1. The zero-order chi connectivity index (χ0) is 14.8. The maximum atomic E-state index is 11.6. The second kappa shape index (κ2) is 5.17. The van der Waals surface area contributed by atoms with Crippen LogP contribution >= 0.6 is 0 Å². The monoisotopic (exact) mass is 307 g/mol. The number of sulfonamides is 1. The van der Waals surface area contributed by atoms with Crippen LogP contribution in [0.5, 0.6) is 0 Å². The van der Waals surface area contributed by atoms with E-state index in [2.05, 4.69) is 0 Å². The molecule has 1 rings (SSSR count). The molecule has 9 heteroatoms. The fourth-order valence-electron chi connectivity index (χ4n) is 1.52. The van der Waals surface area contributed by atoms with Crippen LogP contribution in [0.25, 0.3) is 0 Å². The van der Waals surface area contributed by atoms with Gasteiger partial charge in [-0.3, -0.25) is 4.72 Å². The van der Waals surface area contributed by atoms with E-state index in [0.717, 1.165) is 6.26 Å². The summed E-state index contributed by atoms with van der Waals surface area (Å²) in [5, 5.41) is 7.92. The van der Waals surface area contributed by atoms with Gasteiger partial charge >= 0.3 is 5.97 Å². The van der Waals surface area contributed by atoms with Crippen molar-refractivity contribution in [3.05, 3.63) is 29.3 Å². The minimum atomic E-state index is -4.17. The van der Waals surface area contributed by atoms with Crippen LogP contribution in [0.2, 0.25) is 0 Å². The van der Waals surface area contributed by atoms with Gasteiger partial charge in [0.2, 0.25) is 10.0 Å². The number of aromatic carboxylic acids is 1. The summed E-state index contributed by atoms with van der Waals surface area (Å²) < 4.78 is 47.2. The highest BCUT2D eigenvalue weighted by Crippen LogP contribution is 2.21. The molecule has 0 atom stereocenters. The lowest BCUT2D eigenvalue weighted by Crippen LogP contribution is -2.23. The molecule has 0 spiro atoms. The Labute approximate surface area is 111 Å². The smallest absolute Gasteiger partial charge is 0.338 e.